The van der Waals surface area contributed by atoms with Gasteiger partial charge in [0.05, 0.1) is 17.3 Å². The fourth-order valence-corrected chi connectivity index (χ4v) is 4.61. The van der Waals surface area contributed by atoms with Crippen molar-refractivity contribution in [3.63, 3.8) is 0 Å². The highest BCUT2D eigenvalue weighted by molar-refractivity contribution is 7.13. The molecule has 2 aromatic heterocycles. The molecule has 0 aliphatic heterocycles. The highest BCUT2D eigenvalue weighted by atomic mass is 32.1. The van der Waals surface area contributed by atoms with Crippen molar-refractivity contribution in [2.24, 2.45) is 0 Å². The van der Waals surface area contributed by atoms with Gasteiger partial charge in [0.1, 0.15) is 5.82 Å². The number of nitrogens with zero attached hydrogens (tertiary/aromatic N) is 1. The lowest BCUT2D eigenvalue weighted by atomic mass is 10.0. The molecule has 0 spiro atoms. The zero-order chi connectivity index (χ0) is 23.4. The normalized spacial score (nSPS) is 11.8. The number of hydrogen-bond acceptors (Lipinski definition) is 4. The van der Waals surface area contributed by atoms with E-state index >= 15 is 0 Å². The number of pyridine rings is 1. The van der Waals surface area contributed by atoms with E-state index in [1.165, 1.54) is 40.9 Å². The second kappa shape index (κ2) is 9.94. The number of nitrogens with one attached hydrogen (secondary N) is 2. The van der Waals surface area contributed by atoms with Crippen molar-refractivity contribution in [1.82, 2.24) is 15.2 Å². The SMILES string of the molecule is CNCc1ccsc1-c1cccc([C@@H](C)NC(=O)c2ccc(=O)n(-c3ccccc3F)c2)c1. The molecule has 0 aliphatic carbocycles. The molecule has 2 N–H and O–H groups in total. The first-order valence-corrected chi connectivity index (χ1v) is 11.5. The Morgan fingerprint density at radius 3 is 2.70 bits per heavy atom. The molecule has 33 heavy (non-hydrogen) atoms. The molecule has 0 unspecified atom stereocenters. The van der Waals surface area contributed by atoms with Crippen LogP contribution in [0.4, 0.5) is 4.39 Å². The van der Waals surface area contributed by atoms with Crippen molar-refractivity contribution < 1.29 is 9.18 Å². The van der Waals surface area contributed by atoms with Crippen molar-refractivity contribution in [3.8, 4) is 16.1 Å². The Balaban J connectivity index is 1.56. The van der Waals surface area contributed by atoms with Gasteiger partial charge in [-0.25, -0.2) is 4.39 Å². The van der Waals surface area contributed by atoms with Gasteiger partial charge in [-0.2, -0.15) is 0 Å². The van der Waals surface area contributed by atoms with Gasteiger partial charge in [-0.05, 0) is 66.4 Å². The zero-order valence-corrected chi connectivity index (χ0v) is 19.2. The quantitative estimate of drug-likeness (QED) is 0.411. The molecular weight excluding hydrogens is 437 g/mol. The lowest BCUT2D eigenvalue weighted by Gasteiger charge is -2.16. The van der Waals surface area contributed by atoms with Crippen molar-refractivity contribution in [2.45, 2.75) is 19.5 Å². The highest BCUT2D eigenvalue weighted by Gasteiger charge is 2.15. The molecular formula is C26H24FN3O2S. The van der Waals surface area contributed by atoms with Crippen molar-refractivity contribution in [3.05, 3.63) is 111 Å². The number of para-hydroxylation sites is 1. The van der Waals surface area contributed by atoms with Gasteiger partial charge in [-0.3, -0.25) is 14.2 Å². The lowest BCUT2D eigenvalue weighted by Crippen LogP contribution is -2.28. The third-order valence-corrected chi connectivity index (χ3v) is 6.40. The summed E-state index contributed by atoms with van der Waals surface area (Å²) in [7, 11) is 1.92. The summed E-state index contributed by atoms with van der Waals surface area (Å²) in [4.78, 5) is 26.4. The summed E-state index contributed by atoms with van der Waals surface area (Å²) < 4.78 is 15.3. The van der Waals surface area contributed by atoms with E-state index < -0.39 is 11.4 Å². The minimum Gasteiger partial charge on any atom is -0.345 e. The molecule has 0 aliphatic rings. The monoisotopic (exact) mass is 461 g/mol. The minimum atomic E-state index is -0.534. The zero-order valence-electron chi connectivity index (χ0n) is 18.3. The predicted octanol–water partition coefficient (Wildman–Crippen LogP) is 4.92. The number of halogens is 1. The molecule has 2 heterocycles. The molecule has 0 saturated heterocycles. The van der Waals surface area contributed by atoms with Gasteiger partial charge in [0.2, 0.25) is 0 Å². The Labute approximate surface area is 195 Å². The van der Waals surface area contributed by atoms with Gasteiger partial charge in [-0.15, -0.1) is 11.3 Å². The third kappa shape index (κ3) is 4.94. The van der Waals surface area contributed by atoms with E-state index in [4.69, 9.17) is 0 Å². The first kappa shape index (κ1) is 22.6. The van der Waals surface area contributed by atoms with E-state index in [1.807, 2.05) is 26.1 Å². The van der Waals surface area contributed by atoms with Crippen LogP contribution < -0.4 is 16.2 Å². The minimum absolute atomic E-state index is 0.103. The van der Waals surface area contributed by atoms with Gasteiger partial charge < -0.3 is 10.6 Å². The smallest absolute Gasteiger partial charge is 0.255 e. The Morgan fingerprint density at radius 1 is 1.09 bits per heavy atom. The van der Waals surface area contributed by atoms with E-state index in [2.05, 4.69) is 34.2 Å². The molecule has 2 aromatic carbocycles. The number of amides is 1. The first-order chi connectivity index (χ1) is 16.0. The van der Waals surface area contributed by atoms with Crippen LogP contribution in [0.2, 0.25) is 0 Å². The van der Waals surface area contributed by atoms with E-state index in [-0.39, 0.29) is 23.2 Å². The van der Waals surface area contributed by atoms with Crippen LogP contribution in [0.3, 0.4) is 0 Å². The van der Waals surface area contributed by atoms with Crippen molar-refractivity contribution in [1.29, 1.82) is 0 Å². The molecule has 1 atom stereocenters. The number of aromatic nitrogens is 1. The van der Waals surface area contributed by atoms with Gasteiger partial charge in [0, 0.05) is 23.7 Å². The lowest BCUT2D eigenvalue weighted by molar-refractivity contribution is 0.0939. The van der Waals surface area contributed by atoms with Crippen LogP contribution in [0.1, 0.15) is 34.5 Å². The van der Waals surface area contributed by atoms with Gasteiger partial charge in [0.25, 0.3) is 11.5 Å². The predicted molar refractivity (Wildman–Crippen MR) is 130 cm³/mol. The van der Waals surface area contributed by atoms with E-state index in [0.717, 1.165) is 22.2 Å². The number of benzene rings is 2. The Hall–Kier alpha value is -3.55. The fraction of sp³-hybridized carbons (Fsp3) is 0.154. The summed E-state index contributed by atoms with van der Waals surface area (Å²) in [6.07, 6.45) is 1.37. The summed E-state index contributed by atoms with van der Waals surface area (Å²) >= 11 is 1.69. The second-order valence-electron chi connectivity index (χ2n) is 7.70. The van der Waals surface area contributed by atoms with Crippen LogP contribution in [-0.4, -0.2) is 17.5 Å². The van der Waals surface area contributed by atoms with Crippen LogP contribution in [0.15, 0.2) is 83.1 Å². The molecule has 4 rings (SSSR count). The summed E-state index contributed by atoms with van der Waals surface area (Å²) in [6, 6.07) is 18.6. The average molecular weight is 462 g/mol. The Morgan fingerprint density at radius 2 is 1.91 bits per heavy atom. The first-order valence-electron chi connectivity index (χ1n) is 10.6. The summed E-state index contributed by atoms with van der Waals surface area (Å²) in [5.41, 5.74) is 3.26. The molecule has 0 bridgehead atoms. The van der Waals surface area contributed by atoms with E-state index in [0.29, 0.717) is 0 Å². The number of thiophene rings is 1. The van der Waals surface area contributed by atoms with Crippen molar-refractivity contribution >= 4 is 17.2 Å². The maximum atomic E-state index is 14.2. The van der Waals surface area contributed by atoms with Crippen LogP contribution >= 0.6 is 11.3 Å². The van der Waals surface area contributed by atoms with Crippen LogP contribution in [-0.2, 0) is 6.54 Å². The van der Waals surface area contributed by atoms with Crippen LogP contribution in [0, 0.1) is 5.82 Å². The molecule has 4 aromatic rings. The molecule has 7 heteroatoms. The topological polar surface area (TPSA) is 63.1 Å². The van der Waals surface area contributed by atoms with E-state index in [9.17, 15) is 14.0 Å². The fourth-order valence-electron chi connectivity index (χ4n) is 3.69. The standard InChI is InChI=1S/C26H24FN3O2S/c1-17(18-6-5-7-19(14-18)25-20(15-28-2)12-13-33-25)29-26(32)21-10-11-24(31)30(16-21)23-9-4-3-8-22(23)27/h3-14,16-17,28H,15H2,1-2H3,(H,29,32)/t17-/m1/s1. The molecule has 1 amide bonds. The molecule has 5 nitrogen and oxygen atoms in total. The highest BCUT2D eigenvalue weighted by Crippen LogP contribution is 2.31. The van der Waals surface area contributed by atoms with Crippen LogP contribution in [0.5, 0.6) is 0 Å². The molecule has 0 fully saturated rings. The maximum Gasteiger partial charge on any atom is 0.255 e. The summed E-state index contributed by atoms with van der Waals surface area (Å²) in [5, 5.41) is 8.24. The second-order valence-corrected chi connectivity index (χ2v) is 8.62. The Bertz CT molecular complexity index is 1350. The van der Waals surface area contributed by atoms with Crippen LogP contribution in [0.25, 0.3) is 16.1 Å². The third-order valence-electron chi connectivity index (χ3n) is 5.40. The summed E-state index contributed by atoms with van der Waals surface area (Å²) in [6.45, 7) is 2.69. The largest absolute Gasteiger partial charge is 0.345 e. The summed E-state index contributed by atoms with van der Waals surface area (Å²) in [5.74, 6) is -0.876. The maximum absolute atomic E-state index is 14.2. The molecule has 168 valence electrons. The number of carbonyl (C=O) groups is 1. The van der Waals surface area contributed by atoms with E-state index in [1.54, 1.807) is 23.5 Å². The molecule has 0 saturated carbocycles. The number of rotatable bonds is 7. The number of carbonyl (C=O) groups excluding carboxylic acids is 1. The number of hydrogen-bond donors (Lipinski definition) is 2. The van der Waals surface area contributed by atoms with Gasteiger partial charge >= 0.3 is 0 Å². The van der Waals surface area contributed by atoms with Gasteiger partial charge in [0.15, 0.2) is 0 Å². The van der Waals surface area contributed by atoms with Gasteiger partial charge in [-0.1, -0.05) is 30.3 Å². The Kier molecular flexibility index (Phi) is 6.82. The average Bonchev–Trinajstić information content (AvgIpc) is 3.28. The molecule has 0 radical (unpaired) electrons. The van der Waals surface area contributed by atoms with Crippen molar-refractivity contribution in [2.75, 3.05) is 7.05 Å².